The number of nitrogens with one attached hydrogen (secondary N) is 1. The lowest BCUT2D eigenvalue weighted by Crippen LogP contribution is -2.17. The molecule has 1 heterocycles. The van der Waals surface area contributed by atoms with E-state index in [-0.39, 0.29) is 0 Å². The van der Waals surface area contributed by atoms with E-state index >= 15 is 0 Å². The van der Waals surface area contributed by atoms with Crippen molar-refractivity contribution >= 4 is 0 Å². The number of pyridine rings is 1. The van der Waals surface area contributed by atoms with Gasteiger partial charge in [-0.15, -0.1) is 0 Å². The minimum absolute atomic E-state index is 0.393. The van der Waals surface area contributed by atoms with E-state index < -0.39 is 11.9 Å². The second-order valence-electron chi connectivity index (χ2n) is 2.47. The Kier molecular flexibility index (Phi) is 3.13. The van der Waals surface area contributed by atoms with Gasteiger partial charge >= 0.3 is 0 Å². The van der Waals surface area contributed by atoms with Crippen molar-refractivity contribution in [2.24, 2.45) is 0 Å². The zero-order valence-electron chi connectivity index (χ0n) is 6.79. The van der Waals surface area contributed by atoms with Crippen molar-refractivity contribution in [3.05, 3.63) is 29.8 Å². The van der Waals surface area contributed by atoms with Crippen LogP contribution in [0.15, 0.2) is 18.3 Å². The molecule has 0 aliphatic heterocycles. The molecule has 0 fully saturated rings. The number of aliphatic hydroxyl groups is 1. The fraction of sp³-hybridized carbons (Fsp3) is 0.375. The van der Waals surface area contributed by atoms with Crippen LogP contribution in [-0.4, -0.2) is 23.7 Å². The summed E-state index contributed by atoms with van der Waals surface area (Å²) >= 11 is 0. The average molecular weight is 170 g/mol. The van der Waals surface area contributed by atoms with E-state index in [9.17, 15) is 9.50 Å². The first kappa shape index (κ1) is 9.09. The number of halogens is 1. The molecule has 0 saturated heterocycles. The molecule has 0 bridgehead atoms. The van der Waals surface area contributed by atoms with Crippen LogP contribution in [0.5, 0.6) is 0 Å². The molecule has 0 spiro atoms. The summed E-state index contributed by atoms with van der Waals surface area (Å²) in [5, 5.41) is 12.2. The Bertz CT molecular complexity index is 237. The van der Waals surface area contributed by atoms with Gasteiger partial charge in [-0.3, -0.25) is 4.98 Å². The predicted octanol–water partition coefficient (Wildman–Crippen LogP) is 0.474. The molecule has 2 N–H and O–H groups in total. The average Bonchev–Trinajstić information content (AvgIpc) is 2.06. The van der Waals surface area contributed by atoms with Crippen molar-refractivity contribution in [1.29, 1.82) is 0 Å². The SMILES string of the molecule is CNC[C@H](O)c1ccc(F)cn1. The summed E-state index contributed by atoms with van der Waals surface area (Å²) in [6, 6.07) is 2.75. The number of likely N-dealkylation sites (N-methyl/N-ethyl adjacent to an activating group) is 1. The zero-order chi connectivity index (χ0) is 8.97. The molecule has 0 aliphatic rings. The molecule has 1 aromatic heterocycles. The third-order valence-electron chi connectivity index (χ3n) is 1.49. The molecule has 0 amide bonds. The molecule has 4 heteroatoms. The minimum Gasteiger partial charge on any atom is -0.385 e. The number of aliphatic hydroxyl groups excluding tert-OH is 1. The summed E-state index contributed by atoms with van der Waals surface area (Å²) in [5.74, 6) is -0.393. The number of rotatable bonds is 3. The Hall–Kier alpha value is -1.00. The van der Waals surface area contributed by atoms with Crippen LogP contribution in [0.1, 0.15) is 11.8 Å². The summed E-state index contributed by atoms with van der Waals surface area (Å²) in [6.07, 6.45) is 0.421. The molecule has 3 nitrogen and oxygen atoms in total. The van der Waals surface area contributed by atoms with Gasteiger partial charge in [-0.1, -0.05) is 0 Å². The van der Waals surface area contributed by atoms with Crippen molar-refractivity contribution in [1.82, 2.24) is 10.3 Å². The van der Waals surface area contributed by atoms with E-state index in [2.05, 4.69) is 10.3 Å². The van der Waals surface area contributed by atoms with Gasteiger partial charge in [0, 0.05) is 6.54 Å². The summed E-state index contributed by atoms with van der Waals surface area (Å²) < 4.78 is 12.4. The number of hydrogen-bond acceptors (Lipinski definition) is 3. The molecule has 1 aromatic rings. The van der Waals surface area contributed by atoms with Gasteiger partial charge in [0.1, 0.15) is 11.9 Å². The minimum atomic E-state index is -0.671. The molecule has 0 aliphatic carbocycles. The summed E-state index contributed by atoms with van der Waals surface area (Å²) in [7, 11) is 1.73. The molecule has 0 radical (unpaired) electrons. The van der Waals surface area contributed by atoms with E-state index in [0.717, 1.165) is 6.20 Å². The smallest absolute Gasteiger partial charge is 0.141 e. The van der Waals surface area contributed by atoms with Gasteiger partial charge < -0.3 is 10.4 Å². The van der Waals surface area contributed by atoms with Gasteiger partial charge in [0.2, 0.25) is 0 Å². The fourth-order valence-electron chi connectivity index (χ4n) is 0.882. The van der Waals surface area contributed by atoms with Crippen LogP contribution in [-0.2, 0) is 0 Å². The molecule has 0 unspecified atom stereocenters. The Labute approximate surface area is 70.3 Å². The highest BCUT2D eigenvalue weighted by Crippen LogP contribution is 2.08. The van der Waals surface area contributed by atoms with Gasteiger partial charge in [0.15, 0.2) is 0 Å². The second-order valence-corrected chi connectivity index (χ2v) is 2.47. The molecule has 0 aromatic carbocycles. The first-order valence-corrected chi connectivity index (χ1v) is 3.68. The van der Waals surface area contributed by atoms with Crippen LogP contribution in [0.2, 0.25) is 0 Å². The van der Waals surface area contributed by atoms with Crippen molar-refractivity contribution in [3.8, 4) is 0 Å². The molecule has 66 valence electrons. The van der Waals surface area contributed by atoms with Crippen LogP contribution in [0, 0.1) is 5.82 Å². The lowest BCUT2D eigenvalue weighted by atomic mass is 10.2. The first-order chi connectivity index (χ1) is 5.74. The largest absolute Gasteiger partial charge is 0.385 e. The van der Waals surface area contributed by atoms with E-state index in [4.69, 9.17) is 0 Å². The van der Waals surface area contributed by atoms with Crippen molar-refractivity contribution in [2.75, 3.05) is 13.6 Å². The normalized spacial score (nSPS) is 12.9. The van der Waals surface area contributed by atoms with Gasteiger partial charge in [-0.05, 0) is 19.2 Å². The third-order valence-corrected chi connectivity index (χ3v) is 1.49. The van der Waals surface area contributed by atoms with Gasteiger partial charge in [0.05, 0.1) is 11.9 Å². The maximum atomic E-state index is 12.4. The molecule has 0 saturated carbocycles. The van der Waals surface area contributed by atoms with E-state index in [1.54, 1.807) is 7.05 Å². The summed E-state index contributed by atoms with van der Waals surface area (Å²) in [6.45, 7) is 0.415. The molecule has 1 rings (SSSR count). The van der Waals surface area contributed by atoms with Gasteiger partial charge in [-0.25, -0.2) is 4.39 Å². The van der Waals surface area contributed by atoms with Gasteiger partial charge in [-0.2, -0.15) is 0 Å². The number of hydrogen-bond donors (Lipinski definition) is 2. The van der Waals surface area contributed by atoms with Gasteiger partial charge in [0.25, 0.3) is 0 Å². The zero-order valence-corrected chi connectivity index (χ0v) is 6.79. The quantitative estimate of drug-likeness (QED) is 0.693. The Morgan fingerprint density at radius 1 is 1.67 bits per heavy atom. The Morgan fingerprint density at radius 3 is 2.92 bits per heavy atom. The fourth-order valence-corrected chi connectivity index (χ4v) is 0.882. The van der Waals surface area contributed by atoms with Crippen LogP contribution < -0.4 is 5.32 Å². The maximum absolute atomic E-state index is 12.4. The predicted molar refractivity (Wildman–Crippen MR) is 43.1 cm³/mol. The lowest BCUT2D eigenvalue weighted by molar-refractivity contribution is 0.173. The highest BCUT2D eigenvalue weighted by atomic mass is 19.1. The molecule has 1 atom stereocenters. The summed E-state index contributed by atoms with van der Waals surface area (Å²) in [4.78, 5) is 3.73. The van der Waals surface area contributed by atoms with Crippen LogP contribution >= 0.6 is 0 Å². The Balaban J connectivity index is 2.68. The van der Waals surface area contributed by atoms with Crippen LogP contribution in [0.4, 0.5) is 4.39 Å². The third kappa shape index (κ3) is 2.25. The lowest BCUT2D eigenvalue weighted by Gasteiger charge is -2.07. The molecular weight excluding hydrogens is 159 g/mol. The van der Waals surface area contributed by atoms with Crippen molar-refractivity contribution in [3.63, 3.8) is 0 Å². The van der Waals surface area contributed by atoms with E-state index in [1.165, 1.54) is 12.1 Å². The van der Waals surface area contributed by atoms with E-state index in [1.807, 2.05) is 0 Å². The number of aromatic nitrogens is 1. The molecular formula is C8H11FN2O. The molecule has 12 heavy (non-hydrogen) atoms. The van der Waals surface area contributed by atoms with E-state index in [0.29, 0.717) is 12.2 Å². The maximum Gasteiger partial charge on any atom is 0.141 e. The second kappa shape index (κ2) is 4.13. The Morgan fingerprint density at radius 2 is 2.42 bits per heavy atom. The topological polar surface area (TPSA) is 45.1 Å². The highest BCUT2D eigenvalue weighted by Gasteiger charge is 2.06. The van der Waals surface area contributed by atoms with Crippen molar-refractivity contribution in [2.45, 2.75) is 6.10 Å². The standard InChI is InChI=1S/C8H11FN2O/c1-10-5-8(12)7-3-2-6(9)4-11-7/h2-4,8,10,12H,5H2,1H3/t8-/m0/s1. The van der Waals surface area contributed by atoms with Crippen molar-refractivity contribution < 1.29 is 9.50 Å². The number of nitrogens with zero attached hydrogens (tertiary/aromatic N) is 1. The summed E-state index contributed by atoms with van der Waals surface area (Å²) in [5.41, 5.74) is 0.478. The van der Waals surface area contributed by atoms with Crippen LogP contribution in [0.25, 0.3) is 0 Å². The first-order valence-electron chi connectivity index (χ1n) is 3.68. The van der Waals surface area contributed by atoms with Crippen LogP contribution in [0.3, 0.4) is 0 Å². The monoisotopic (exact) mass is 170 g/mol. The highest BCUT2D eigenvalue weighted by molar-refractivity contribution is 5.08.